The number of carbonyl (C=O) groups excluding carboxylic acids is 1. The van der Waals surface area contributed by atoms with Crippen LogP contribution in [0.1, 0.15) is 10.4 Å². The molecule has 0 aliphatic heterocycles. The van der Waals surface area contributed by atoms with Crippen molar-refractivity contribution in [2.45, 2.75) is 0 Å². The Kier molecular flexibility index (Phi) is 6.15. The van der Waals surface area contributed by atoms with Crippen LogP contribution in [0.5, 0.6) is 5.75 Å². The second-order valence-corrected chi connectivity index (χ2v) is 9.34. The number of nitrogens with zero attached hydrogens (tertiary/aromatic N) is 1. The number of aromatic nitrogens is 1. The molecule has 0 unspecified atom stereocenters. The first-order valence-electron chi connectivity index (χ1n) is 10.4. The van der Waals surface area contributed by atoms with Crippen molar-refractivity contribution >= 4 is 72.9 Å². The molecule has 1 amide bonds. The molecule has 2 N–H and O–H groups in total. The molecule has 168 valence electrons. The van der Waals surface area contributed by atoms with Gasteiger partial charge in [0.25, 0.3) is 5.91 Å². The second-order valence-electron chi connectivity index (χ2n) is 7.49. The minimum Gasteiger partial charge on any atom is -0.496 e. The average molecular weight is 504 g/mol. The Morgan fingerprint density at radius 3 is 2.47 bits per heavy atom. The number of hydrogen-bond donors (Lipinski definition) is 2. The molecule has 8 heteroatoms. The number of fused-ring (bicyclic) bond motifs is 2. The molecular formula is C26H18ClN3O2S2. The Bertz CT molecular complexity index is 1530. The summed E-state index contributed by atoms with van der Waals surface area (Å²) in [6.45, 7) is 0. The highest BCUT2D eigenvalue weighted by Crippen LogP contribution is 2.35. The third-order valence-electron chi connectivity index (χ3n) is 5.29. The van der Waals surface area contributed by atoms with Gasteiger partial charge in [-0.25, -0.2) is 4.98 Å². The Morgan fingerprint density at radius 2 is 1.74 bits per heavy atom. The van der Waals surface area contributed by atoms with Crippen LogP contribution in [-0.4, -0.2) is 23.1 Å². The predicted molar refractivity (Wildman–Crippen MR) is 144 cm³/mol. The number of anilines is 1. The summed E-state index contributed by atoms with van der Waals surface area (Å²) < 4.78 is 6.52. The molecule has 0 saturated carbocycles. The first kappa shape index (κ1) is 22.3. The quantitative estimate of drug-likeness (QED) is 0.261. The average Bonchev–Trinajstić information content (AvgIpc) is 3.27. The van der Waals surface area contributed by atoms with Crippen LogP contribution in [0.2, 0.25) is 5.02 Å². The summed E-state index contributed by atoms with van der Waals surface area (Å²) >= 11 is 13.5. The number of ether oxygens (including phenoxy) is 1. The van der Waals surface area contributed by atoms with Gasteiger partial charge < -0.3 is 10.1 Å². The zero-order valence-corrected chi connectivity index (χ0v) is 20.4. The van der Waals surface area contributed by atoms with Crippen LogP contribution in [-0.2, 0) is 0 Å². The van der Waals surface area contributed by atoms with Gasteiger partial charge in [0, 0.05) is 11.3 Å². The van der Waals surface area contributed by atoms with E-state index < -0.39 is 0 Å². The fourth-order valence-electron chi connectivity index (χ4n) is 3.65. The second kappa shape index (κ2) is 9.38. The number of benzene rings is 4. The van der Waals surface area contributed by atoms with Crippen molar-refractivity contribution in [1.82, 2.24) is 10.3 Å². The molecule has 0 fully saturated rings. The van der Waals surface area contributed by atoms with Crippen molar-refractivity contribution in [3.05, 3.63) is 89.4 Å². The first-order chi connectivity index (χ1) is 16.5. The van der Waals surface area contributed by atoms with Gasteiger partial charge in [-0.1, -0.05) is 48.0 Å². The topological polar surface area (TPSA) is 63.2 Å². The van der Waals surface area contributed by atoms with Crippen molar-refractivity contribution < 1.29 is 9.53 Å². The van der Waals surface area contributed by atoms with Gasteiger partial charge in [-0.15, -0.1) is 11.3 Å². The molecule has 34 heavy (non-hydrogen) atoms. The molecule has 5 rings (SSSR count). The lowest BCUT2D eigenvalue weighted by Gasteiger charge is -2.13. The molecule has 0 atom stereocenters. The summed E-state index contributed by atoms with van der Waals surface area (Å²) in [6, 6.07) is 24.8. The minimum atomic E-state index is -0.364. The van der Waals surface area contributed by atoms with Crippen molar-refractivity contribution in [2.24, 2.45) is 0 Å². The van der Waals surface area contributed by atoms with Crippen LogP contribution in [0.25, 0.3) is 31.6 Å². The molecule has 0 spiro atoms. The third kappa shape index (κ3) is 4.46. The van der Waals surface area contributed by atoms with E-state index in [9.17, 15) is 4.79 Å². The molecule has 5 nitrogen and oxygen atoms in total. The molecule has 0 aliphatic rings. The number of thiazole rings is 1. The van der Waals surface area contributed by atoms with Crippen molar-refractivity contribution in [3.63, 3.8) is 0 Å². The van der Waals surface area contributed by atoms with Crippen molar-refractivity contribution in [3.8, 4) is 16.3 Å². The van der Waals surface area contributed by atoms with Crippen LogP contribution < -0.4 is 15.4 Å². The number of hydrogen-bond acceptors (Lipinski definition) is 5. The van der Waals surface area contributed by atoms with Gasteiger partial charge in [0.1, 0.15) is 10.8 Å². The summed E-state index contributed by atoms with van der Waals surface area (Å²) in [5.74, 6) is 0.111. The lowest BCUT2D eigenvalue weighted by Crippen LogP contribution is -2.34. The third-order valence-corrected chi connectivity index (χ3v) is 6.88. The normalized spacial score (nSPS) is 10.9. The van der Waals surface area contributed by atoms with E-state index in [-0.39, 0.29) is 11.0 Å². The summed E-state index contributed by atoms with van der Waals surface area (Å²) in [7, 11) is 1.53. The Balaban J connectivity index is 1.32. The monoisotopic (exact) mass is 503 g/mol. The Morgan fingerprint density at radius 1 is 1.00 bits per heavy atom. The highest BCUT2D eigenvalue weighted by Gasteiger charge is 2.16. The molecule has 0 aliphatic carbocycles. The first-order valence-corrected chi connectivity index (χ1v) is 12.0. The highest BCUT2D eigenvalue weighted by atomic mass is 35.5. The van der Waals surface area contributed by atoms with E-state index in [0.717, 1.165) is 31.6 Å². The SMILES string of the molecule is COc1cc2ccccc2cc1C(=O)NC(=S)Nc1ccc(-c2nc3ccccc3s2)c(Cl)c1. The lowest BCUT2D eigenvalue weighted by molar-refractivity contribution is 0.0975. The maximum absolute atomic E-state index is 12.9. The van der Waals surface area contributed by atoms with Crippen molar-refractivity contribution in [2.75, 3.05) is 12.4 Å². The molecule has 0 saturated heterocycles. The van der Waals surface area contributed by atoms with E-state index >= 15 is 0 Å². The van der Waals surface area contributed by atoms with Gasteiger partial charge >= 0.3 is 0 Å². The fourth-order valence-corrected chi connectivity index (χ4v) is 5.19. The summed E-state index contributed by atoms with van der Waals surface area (Å²) in [6.07, 6.45) is 0. The number of halogens is 1. The number of nitrogens with one attached hydrogen (secondary N) is 2. The molecule has 4 aromatic carbocycles. The maximum Gasteiger partial charge on any atom is 0.261 e. The van der Waals surface area contributed by atoms with Crippen LogP contribution in [0.4, 0.5) is 5.69 Å². The Hall–Kier alpha value is -3.52. The van der Waals surface area contributed by atoms with E-state index in [1.165, 1.54) is 7.11 Å². The van der Waals surface area contributed by atoms with Crippen LogP contribution in [0.3, 0.4) is 0 Å². The van der Waals surface area contributed by atoms with Crippen LogP contribution in [0, 0.1) is 0 Å². The van der Waals surface area contributed by atoms with Gasteiger partial charge in [-0.3, -0.25) is 10.1 Å². The van der Waals surface area contributed by atoms with Crippen LogP contribution in [0.15, 0.2) is 78.9 Å². The largest absolute Gasteiger partial charge is 0.496 e. The van der Waals surface area contributed by atoms with Crippen LogP contribution >= 0.6 is 35.2 Å². The smallest absolute Gasteiger partial charge is 0.261 e. The molecule has 1 heterocycles. The Labute approximate surface area is 210 Å². The molecule has 1 aromatic heterocycles. The van der Waals surface area contributed by atoms with Gasteiger partial charge in [0.15, 0.2) is 5.11 Å². The van der Waals surface area contributed by atoms with Crippen molar-refractivity contribution in [1.29, 1.82) is 0 Å². The maximum atomic E-state index is 12.9. The molecule has 0 radical (unpaired) electrons. The number of rotatable bonds is 4. The van der Waals surface area contributed by atoms with Gasteiger partial charge in [-0.05, 0) is 65.5 Å². The molecular weight excluding hydrogens is 486 g/mol. The molecule has 5 aromatic rings. The number of para-hydroxylation sites is 1. The van der Waals surface area contributed by atoms with E-state index in [2.05, 4.69) is 15.6 Å². The predicted octanol–water partition coefficient (Wildman–Crippen LogP) is 6.91. The number of carbonyl (C=O) groups is 1. The van der Waals surface area contributed by atoms with Gasteiger partial charge in [0.2, 0.25) is 0 Å². The zero-order chi connectivity index (χ0) is 23.7. The summed E-state index contributed by atoms with van der Waals surface area (Å²) in [5.41, 5.74) is 2.83. The molecule has 0 bridgehead atoms. The van der Waals surface area contributed by atoms with Gasteiger partial charge in [0.05, 0.1) is 27.9 Å². The number of methoxy groups -OCH3 is 1. The number of amides is 1. The summed E-state index contributed by atoms with van der Waals surface area (Å²) in [4.78, 5) is 17.6. The van der Waals surface area contributed by atoms with E-state index in [1.54, 1.807) is 23.5 Å². The minimum absolute atomic E-state index is 0.156. The van der Waals surface area contributed by atoms with Gasteiger partial charge in [-0.2, -0.15) is 0 Å². The zero-order valence-electron chi connectivity index (χ0n) is 18.0. The highest BCUT2D eigenvalue weighted by molar-refractivity contribution is 7.80. The summed E-state index contributed by atoms with van der Waals surface area (Å²) in [5, 5.41) is 9.19. The lowest BCUT2D eigenvalue weighted by atomic mass is 10.1. The van der Waals surface area contributed by atoms with E-state index in [4.69, 9.17) is 28.6 Å². The standard InChI is InChI=1S/C26H18ClN3O2S2/c1-32-22-13-16-7-3-2-6-15(16)12-19(22)24(31)30-26(33)28-17-10-11-18(20(27)14-17)25-29-21-8-4-5-9-23(21)34-25/h2-14H,1H3,(H2,28,30,31,33). The fraction of sp³-hybridized carbons (Fsp3) is 0.0385. The number of thiocarbonyl (C=S) groups is 1. The van der Waals surface area contributed by atoms with E-state index in [0.29, 0.717) is 22.0 Å². The van der Waals surface area contributed by atoms with E-state index in [1.807, 2.05) is 66.7 Å².